The predicted octanol–water partition coefficient (Wildman–Crippen LogP) is -1.75. The summed E-state index contributed by atoms with van der Waals surface area (Å²) < 4.78 is 31.6. The molecular weight excluding hydrogens is 212 g/mol. The molecule has 6 nitrogen and oxygen atoms in total. The number of hydrogen-bond acceptors (Lipinski definition) is 4. The summed E-state index contributed by atoms with van der Waals surface area (Å²) >= 11 is 0. The summed E-state index contributed by atoms with van der Waals surface area (Å²) in [7, 11) is -4.67. The van der Waals surface area contributed by atoms with Crippen LogP contribution in [0, 0.1) is 0 Å². The van der Waals surface area contributed by atoms with Crippen molar-refractivity contribution in [3.63, 3.8) is 0 Å². The zero-order valence-electron chi connectivity index (χ0n) is 4.99. The van der Waals surface area contributed by atoms with Crippen molar-refractivity contribution in [1.29, 1.82) is 0 Å². The minimum atomic E-state index is -4.67. The van der Waals surface area contributed by atoms with Crippen LogP contribution in [0.1, 0.15) is 0 Å². The fraction of sp³-hybridized carbons (Fsp3) is 1.00. The SMILES string of the molecule is NCCN.O=S(=O)(O)O.[Cu]. The Bertz CT molecular complexity index is 124. The number of nitrogens with two attached hydrogens (primary N) is 2. The van der Waals surface area contributed by atoms with Gasteiger partial charge in [0, 0.05) is 30.2 Å². The van der Waals surface area contributed by atoms with Gasteiger partial charge < -0.3 is 11.5 Å². The summed E-state index contributed by atoms with van der Waals surface area (Å²) in [6, 6.07) is 0. The Kier molecular flexibility index (Phi) is 15.6. The zero-order valence-corrected chi connectivity index (χ0v) is 6.75. The van der Waals surface area contributed by atoms with E-state index < -0.39 is 10.4 Å². The van der Waals surface area contributed by atoms with E-state index in [9.17, 15) is 0 Å². The Morgan fingerprint density at radius 3 is 1.20 bits per heavy atom. The molecule has 0 aromatic heterocycles. The van der Waals surface area contributed by atoms with Crippen molar-refractivity contribution in [2.45, 2.75) is 0 Å². The molecule has 0 bridgehead atoms. The van der Waals surface area contributed by atoms with Crippen LogP contribution in [0.15, 0.2) is 0 Å². The minimum Gasteiger partial charge on any atom is -0.329 e. The van der Waals surface area contributed by atoms with E-state index in [1.165, 1.54) is 0 Å². The van der Waals surface area contributed by atoms with E-state index in [0.717, 1.165) is 0 Å². The normalized spacial score (nSPS) is 8.80. The van der Waals surface area contributed by atoms with Crippen LogP contribution in [0.4, 0.5) is 0 Å². The smallest absolute Gasteiger partial charge is 0.329 e. The van der Waals surface area contributed by atoms with Gasteiger partial charge in [-0.2, -0.15) is 8.42 Å². The largest absolute Gasteiger partial charge is 0.394 e. The van der Waals surface area contributed by atoms with Crippen LogP contribution in [-0.4, -0.2) is 30.6 Å². The number of rotatable bonds is 1. The van der Waals surface area contributed by atoms with Crippen LogP contribution in [0.25, 0.3) is 0 Å². The van der Waals surface area contributed by atoms with Crippen molar-refractivity contribution < 1.29 is 34.6 Å². The first-order valence-corrected chi connectivity index (χ1v) is 3.41. The molecular formula is C2H10CuN2O4S. The Balaban J connectivity index is -0.0000000910. The van der Waals surface area contributed by atoms with E-state index in [4.69, 9.17) is 29.0 Å². The van der Waals surface area contributed by atoms with E-state index in [-0.39, 0.29) is 17.1 Å². The summed E-state index contributed by atoms with van der Waals surface area (Å²) in [5.74, 6) is 0. The summed E-state index contributed by atoms with van der Waals surface area (Å²) in [5, 5.41) is 0. The van der Waals surface area contributed by atoms with Gasteiger partial charge in [-0.05, 0) is 0 Å². The molecule has 6 N–H and O–H groups in total. The molecule has 0 atom stereocenters. The molecule has 0 aliphatic carbocycles. The van der Waals surface area contributed by atoms with Crippen LogP contribution in [0.2, 0.25) is 0 Å². The van der Waals surface area contributed by atoms with Gasteiger partial charge in [-0.1, -0.05) is 0 Å². The molecule has 0 spiro atoms. The Morgan fingerprint density at radius 2 is 1.20 bits per heavy atom. The predicted molar refractivity (Wildman–Crippen MR) is 32.3 cm³/mol. The van der Waals surface area contributed by atoms with Gasteiger partial charge in [0.2, 0.25) is 0 Å². The van der Waals surface area contributed by atoms with Crippen molar-refractivity contribution in [1.82, 2.24) is 0 Å². The summed E-state index contributed by atoms with van der Waals surface area (Å²) in [5.41, 5.74) is 9.81. The molecule has 69 valence electrons. The van der Waals surface area contributed by atoms with E-state index >= 15 is 0 Å². The second kappa shape index (κ2) is 9.31. The molecule has 0 aromatic carbocycles. The summed E-state index contributed by atoms with van der Waals surface area (Å²) in [6.07, 6.45) is 0. The van der Waals surface area contributed by atoms with Crippen LogP contribution >= 0.6 is 0 Å². The van der Waals surface area contributed by atoms with E-state index in [1.807, 2.05) is 0 Å². The third-order valence-electron chi connectivity index (χ3n) is 0.167. The van der Waals surface area contributed by atoms with Gasteiger partial charge in [0.1, 0.15) is 0 Å². The quantitative estimate of drug-likeness (QED) is 0.307. The average Bonchev–Trinajstić information content (AvgIpc) is 1.61. The Hall–Kier alpha value is 0.309. The van der Waals surface area contributed by atoms with Gasteiger partial charge >= 0.3 is 10.4 Å². The maximum Gasteiger partial charge on any atom is 0.394 e. The summed E-state index contributed by atoms with van der Waals surface area (Å²) in [4.78, 5) is 0. The minimum absolute atomic E-state index is 0. The topological polar surface area (TPSA) is 127 Å². The Morgan fingerprint density at radius 1 is 1.10 bits per heavy atom. The monoisotopic (exact) mass is 221 g/mol. The molecule has 0 unspecified atom stereocenters. The molecule has 8 heteroatoms. The van der Waals surface area contributed by atoms with Crippen molar-refractivity contribution >= 4 is 10.4 Å². The fourth-order valence-corrected chi connectivity index (χ4v) is 0. The van der Waals surface area contributed by atoms with Crippen LogP contribution in [0.3, 0.4) is 0 Å². The molecule has 0 amide bonds. The van der Waals surface area contributed by atoms with Crippen molar-refractivity contribution in [2.75, 3.05) is 13.1 Å². The molecule has 0 rings (SSSR count). The van der Waals surface area contributed by atoms with Gasteiger partial charge in [0.05, 0.1) is 0 Å². The van der Waals surface area contributed by atoms with Crippen LogP contribution in [0.5, 0.6) is 0 Å². The molecule has 0 aromatic rings. The average molecular weight is 222 g/mol. The van der Waals surface area contributed by atoms with E-state index in [0.29, 0.717) is 13.1 Å². The molecule has 0 fully saturated rings. The van der Waals surface area contributed by atoms with Gasteiger partial charge in [0.25, 0.3) is 0 Å². The Labute approximate surface area is 70.0 Å². The van der Waals surface area contributed by atoms with Gasteiger partial charge in [-0.3, -0.25) is 9.11 Å². The summed E-state index contributed by atoms with van der Waals surface area (Å²) in [6.45, 7) is 1.19. The second-order valence-corrected chi connectivity index (χ2v) is 1.92. The van der Waals surface area contributed by atoms with E-state index in [1.54, 1.807) is 0 Å². The maximum absolute atomic E-state index is 8.74. The van der Waals surface area contributed by atoms with Crippen LogP contribution in [-0.2, 0) is 27.5 Å². The molecule has 0 heterocycles. The third kappa shape index (κ3) is 259. The van der Waals surface area contributed by atoms with Gasteiger partial charge in [-0.15, -0.1) is 0 Å². The molecule has 10 heavy (non-hydrogen) atoms. The van der Waals surface area contributed by atoms with E-state index in [2.05, 4.69) is 0 Å². The molecule has 0 saturated heterocycles. The third-order valence-corrected chi connectivity index (χ3v) is 0.167. The second-order valence-electron chi connectivity index (χ2n) is 1.03. The maximum atomic E-state index is 8.74. The van der Waals surface area contributed by atoms with Crippen LogP contribution < -0.4 is 11.5 Å². The standard InChI is InChI=1S/C2H8N2.Cu.H2O4S/c3-1-2-4;;1-5(2,3)4/h1-4H2;;(H2,1,2,3,4). The van der Waals surface area contributed by atoms with Crippen molar-refractivity contribution in [3.05, 3.63) is 0 Å². The van der Waals surface area contributed by atoms with Crippen molar-refractivity contribution in [2.24, 2.45) is 11.5 Å². The zero-order chi connectivity index (χ0) is 7.91. The molecule has 1 radical (unpaired) electrons. The molecule has 0 saturated carbocycles. The number of hydrogen-bond donors (Lipinski definition) is 4. The first kappa shape index (κ1) is 16.7. The van der Waals surface area contributed by atoms with Gasteiger partial charge in [0.15, 0.2) is 0 Å². The van der Waals surface area contributed by atoms with Gasteiger partial charge in [-0.25, -0.2) is 0 Å². The van der Waals surface area contributed by atoms with Crippen molar-refractivity contribution in [3.8, 4) is 0 Å². The first-order valence-electron chi connectivity index (χ1n) is 2.01. The fourth-order valence-electron chi connectivity index (χ4n) is 0. The molecule has 0 aliphatic heterocycles. The first-order chi connectivity index (χ1) is 3.91. The molecule has 0 aliphatic rings.